The largest absolute Gasteiger partial charge is 0.394 e. The molecule has 32 heavy (non-hydrogen) atoms. The van der Waals surface area contributed by atoms with Crippen molar-refractivity contribution in [3.8, 4) is 0 Å². The van der Waals surface area contributed by atoms with Gasteiger partial charge in [0.2, 0.25) is 14.1 Å². The third kappa shape index (κ3) is 5.62. The van der Waals surface area contributed by atoms with Gasteiger partial charge in [0.1, 0.15) is 36.4 Å². The Kier molecular flexibility index (Phi) is 9.51. The molecule has 1 saturated heterocycles. The summed E-state index contributed by atoms with van der Waals surface area (Å²) in [6, 6.07) is 0. The van der Waals surface area contributed by atoms with E-state index < -0.39 is 77.4 Å². The lowest BCUT2D eigenvalue weighted by Gasteiger charge is -2.21. The summed E-state index contributed by atoms with van der Waals surface area (Å²) in [5.74, 6) is -1.78. The highest BCUT2D eigenvalue weighted by Crippen LogP contribution is 2.49. The molecule has 8 atom stereocenters. The lowest BCUT2D eigenvalue weighted by atomic mass is 10.1. The lowest BCUT2D eigenvalue weighted by molar-refractivity contribution is -0.0518. The fraction of sp³-hybridized carbons (Fsp3) is 0.643. The molecule has 2 aromatic heterocycles. The number of rotatable bonds is 7. The molecule has 16 nitrogen and oxygen atoms in total. The molecule has 3 heterocycles. The molecule has 1 fully saturated rings. The molecule has 3 rings (SSSR count). The first kappa shape index (κ1) is 26.6. The predicted octanol–water partition coefficient (Wildman–Crippen LogP) is -4.07. The fourth-order valence-corrected chi connectivity index (χ4v) is 4.00. The van der Waals surface area contributed by atoms with Gasteiger partial charge in [-0.25, -0.2) is 4.98 Å². The molecular weight excluding hydrogens is 476 g/mol. The van der Waals surface area contributed by atoms with Gasteiger partial charge in [-0.15, -0.1) is 0 Å². The molecule has 0 spiro atoms. The molecule has 0 bridgehead atoms. The SMILES string of the molecule is Nc1nc2c(ncn2[C@@H]2O[C@H](CO)[C@@H](O)[C@H]2O)c(=O)[nH]1.O=PP(O)[C@@H](O)[C@H](O)[C@H](O)CO. The zero-order valence-corrected chi connectivity index (χ0v) is 17.9. The van der Waals surface area contributed by atoms with Gasteiger partial charge in [-0.1, -0.05) is 0 Å². The van der Waals surface area contributed by atoms with E-state index in [1.807, 2.05) is 0 Å². The van der Waals surface area contributed by atoms with Gasteiger partial charge in [-0.2, -0.15) is 4.98 Å². The zero-order chi connectivity index (χ0) is 24.2. The van der Waals surface area contributed by atoms with Crippen molar-refractivity contribution in [3.63, 3.8) is 0 Å². The van der Waals surface area contributed by atoms with Crippen LogP contribution in [0.5, 0.6) is 0 Å². The van der Waals surface area contributed by atoms with E-state index in [0.29, 0.717) is 0 Å². The number of nitrogens with two attached hydrogens (primary N) is 1. The number of aliphatic hydroxyl groups is 7. The molecule has 1 aliphatic rings. The second-order valence-electron chi connectivity index (χ2n) is 6.56. The molecule has 0 aliphatic carbocycles. The maximum Gasteiger partial charge on any atom is 0.280 e. The summed E-state index contributed by atoms with van der Waals surface area (Å²) in [5.41, 5.74) is 5.12. The van der Waals surface area contributed by atoms with Gasteiger partial charge in [0.25, 0.3) is 5.56 Å². The predicted molar refractivity (Wildman–Crippen MR) is 107 cm³/mol. The number of fused-ring (bicyclic) bond motifs is 1. The molecule has 2 aromatic rings. The molecular formula is C14H23N5O11P2. The van der Waals surface area contributed by atoms with E-state index in [1.54, 1.807) is 0 Å². The minimum Gasteiger partial charge on any atom is -0.394 e. The Labute approximate surface area is 181 Å². The van der Waals surface area contributed by atoms with Crippen LogP contribution < -0.4 is 11.3 Å². The molecule has 0 amide bonds. The van der Waals surface area contributed by atoms with Gasteiger partial charge in [-0.3, -0.25) is 18.9 Å². The average Bonchev–Trinajstić information content (AvgIpc) is 3.32. The highest BCUT2D eigenvalue weighted by molar-refractivity contribution is 8.13. The third-order valence-corrected chi connectivity index (χ3v) is 6.61. The minimum atomic E-state index is -2.27. The Hall–Kier alpha value is -1.68. The summed E-state index contributed by atoms with van der Waals surface area (Å²) < 4.78 is 16.7. The van der Waals surface area contributed by atoms with Crippen molar-refractivity contribution >= 4 is 33.1 Å². The van der Waals surface area contributed by atoms with Crippen LogP contribution in [0.4, 0.5) is 5.95 Å². The van der Waals surface area contributed by atoms with E-state index in [9.17, 15) is 19.6 Å². The number of ether oxygens (including phenoxy) is 1. The summed E-state index contributed by atoms with van der Waals surface area (Å²) in [6.45, 7) is -1.19. The maximum atomic E-state index is 11.7. The van der Waals surface area contributed by atoms with Crippen molar-refractivity contribution in [3.05, 3.63) is 16.7 Å². The van der Waals surface area contributed by atoms with Crippen LogP contribution in [0.15, 0.2) is 11.1 Å². The van der Waals surface area contributed by atoms with Crippen LogP contribution >= 0.6 is 16.0 Å². The smallest absolute Gasteiger partial charge is 0.280 e. The van der Waals surface area contributed by atoms with Crippen molar-refractivity contribution in [2.75, 3.05) is 18.9 Å². The van der Waals surface area contributed by atoms with Crippen molar-refractivity contribution in [1.82, 2.24) is 19.5 Å². The van der Waals surface area contributed by atoms with Crippen molar-refractivity contribution in [2.24, 2.45) is 0 Å². The molecule has 11 N–H and O–H groups in total. The second kappa shape index (κ2) is 11.4. The monoisotopic (exact) mass is 499 g/mol. The van der Waals surface area contributed by atoms with E-state index in [2.05, 4.69) is 15.0 Å². The van der Waals surface area contributed by atoms with E-state index >= 15 is 0 Å². The third-order valence-electron chi connectivity index (χ3n) is 4.45. The number of aromatic nitrogens is 4. The van der Waals surface area contributed by atoms with Crippen LogP contribution in [0.25, 0.3) is 11.2 Å². The van der Waals surface area contributed by atoms with Crippen LogP contribution in [0.1, 0.15) is 6.23 Å². The van der Waals surface area contributed by atoms with Crippen LogP contribution in [0.3, 0.4) is 0 Å². The number of imidazole rings is 1. The van der Waals surface area contributed by atoms with Crippen LogP contribution in [-0.2, 0) is 9.30 Å². The standard InChI is InChI=1S/C10H13N5O5.C4H10O6P2/c11-10-13-7-4(8(19)14-10)12-2-15(7)9-6(18)5(17)3(1-16)20-9;5-1-2(6)3(7)4(8)12(10)11-9/h2-3,5-6,9,16-18H,1H2,(H3,11,13,14,19);2-8,10H,1H2/t3-,5-,6-,9-;2-,3-,4-,12?/m11/s1. The molecule has 1 unspecified atom stereocenters. The Morgan fingerprint density at radius 1 is 1.28 bits per heavy atom. The molecule has 18 heteroatoms. The molecule has 0 saturated carbocycles. The van der Waals surface area contributed by atoms with Crippen molar-refractivity contribution in [2.45, 2.75) is 42.6 Å². The number of hydrogen-bond acceptors (Lipinski definition) is 14. The average molecular weight is 499 g/mol. The molecule has 180 valence electrons. The number of aromatic amines is 1. The first-order valence-corrected chi connectivity index (χ1v) is 11.8. The molecule has 0 aromatic carbocycles. The van der Waals surface area contributed by atoms with Gasteiger partial charge >= 0.3 is 0 Å². The molecule has 0 radical (unpaired) electrons. The van der Waals surface area contributed by atoms with Crippen molar-refractivity contribution in [1.29, 1.82) is 0 Å². The Balaban J connectivity index is 0.000000262. The zero-order valence-electron chi connectivity index (χ0n) is 16.1. The number of nitrogens with one attached hydrogen (secondary N) is 1. The Morgan fingerprint density at radius 2 is 1.94 bits per heavy atom. The van der Waals surface area contributed by atoms with E-state index in [-0.39, 0.29) is 17.1 Å². The van der Waals surface area contributed by atoms with E-state index in [1.165, 1.54) is 10.9 Å². The van der Waals surface area contributed by atoms with Crippen molar-refractivity contribution < 1.29 is 49.9 Å². The Bertz CT molecular complexity index is 961. The van der Waals surface area contributed by atoms with Crippen LogP contribution in [0.2, 0.25) is 0 Å². The summed E-state index contributed by atoms with van der Waals surface area (Å²) in [4.78, 5) is 30.5. The lowest BCUT2D eigenvalue weighted by Crippen LogP contribution is -2.37. The van der Waals surface area contributed by atoms with Gasteiger partial charge in [0.05, 0.1) is 19.5 Å². The topological polar surface area (TPSA) is 278 Å². The molecule has 1 aliphatic heterocycles. The summed E-state index contributed by atoms with van der Waals surface area (Å²) in [5, 5.41) is 63.7. The van der Waals surface area contributed by atoms with Gasteiger partial charge in [-0.05, 0) is 0 Å². The highest BCUT2D eigenvalue weighted by Gasteiger charge is 2.44. The normalized spacial score (nSPS) is 27.0. The highest BCUT2D eigenvalue weighted by atomic mass is 32.0. The van der Waals surface area contributed by atoms with E-state index in [4.69, 9.17) is 40.9 Å². The second-order valence-corrected chi connectivity index (χ2v) is 9.61. The first-order valence-electron chi connectivity index (χ1n) is 8.88. The maximum absolute atomic E-state index is 11.7. The summed E-state index contributed by atoms with van der Waals surface area (Å²) in [6.07, 6.45) is -6.44. The van der Waals surface area contributed by atoms with Crippen LogP contribution in [-0.4, -0.2) is 110 Å². The van der Waals surface area contributed by atoms with E-state index in [0.717, 1.165) is 0 Å². The number of aliphatic hydroxyl groups excluding tert-OH is 7. The summed E-state index contributed by atoms with van der Waals surface area (Å²) in [7, 11) is -2.95. The first-order chi connectivity index (χ1) is 15.1. The number of anilines is 1. The quantitative estimate of drug-likeness (QED) is 0.162. The van der Waals surface area contributed by atoms with Crippen LogP contribution in [0, 0.1) is 0 Å². The fourth-order valence-electron chi connectivity index (χ4n) is 2.73. The van der Waals surface area contributed by atoms with Gasteiger partial charge < -0.3 is 51.1 Å². The summed E-state index contributed by atoms with van der Waals surface area (Å²) >= 11 is 0. The minimum absolute atomic E-state index is 0.0388. The van der Waals surface area contributed by atoms with Gasteiger partial charge in [0, 0.05) is 0 Å². The Morgan fingerprint density at radius 3 is 2.47 bits per heavy atom. The van der Waals surface area contributed by atoms with Gasteiger partial charge in [0.15, 0.2) is 25.2 Å². The number of H-pyrrole nitrogens is 1. The number of nitrogen functional groups attached to an aromatic ring is 1. The number of hydrogen-bond donors (Lipinski definition) is 10. The number of nitrogens with zero attached hydrogens (tertiary/aromatic N) is 3.